The Morgan fingerprint density at radius 1 is 1.12 bits per heavy atom. The predicted molar refractivity (Wildman–Crippen MR) is 74.3 cm³/mol. The first-order chi connectivity index (χ1) is 11.4. The van der Waals surface area contributed by atoms with E-state index in [0.29, 0.717) is 0 Å². The van der Waals surface area contributed by atoms with E-state index in [0.717, 1.165) is 5.56 Å². The average Bonchev–Trinajstić information content (AvgIpc) is 3.05. The monoisotopic (exact) mass is 337 g/mol. The number of hydrogen-bond acceptors (Lipinski definition) is 4. The second kappa shape index (κ2) is 6.31. The number of aromatic nitrogens is 2. The first-order valence-corrected chi connectivity index (χ1v) is 6.73. The molecule has 0 fully saturated rings. The van der Waals surface area contributed by atoms with Gasteiger partial charge in [-0.05, 0) is 17.7 Å². The Balaban J connectivity index is 1.84. The molecule has 0 unspecified atom stereocenters. The molecule has 123 valence electrons. The summed E-state index contributed by atoms with van der Waals surface area (Å²) in [5.74, 6) is -3.22. The van der Waals surface area contributed by atoms with E-state index in [1.165, 1.54) is 12.1 Å². The lowest BCUT2D eigenvalue weighted by Crippen LogP contribution is -2.05. The highest BCUT2D eigenvalue weighted by Crippen LogP contribution is 2.32. The van der Waals surface area contributed by atoms with Crippen molar-refractivity contribution in [1.82, 2.24) is 10.1 Å². The van der Waals surface area contributed by atoms with Crippen LogP contribution >= 0.6 is 0 Å². The van der Waals surface area contributed by atoms with Gasteiger partial charge >= 0.3 is 12.1 Å². The lowest BCUT2D eigenvalue weighted by Gasteiger charge is -2.08. The molecule has 0 saturated heterocycles. The molecule has 0 N–H and O–H groups in total. The quantitative estimate of drug-likeness (QED) is 0.667. The standard InChI is InChI=1S/C16H9F4N2O2/c17-13-11(14-21-15(24-22-14)16(18,19)20)7-4-8-12(13)23-9-10-5-2-1-3-6-10/h1-7H,9H2. The number of hydrogen-bond donors (Lipinski definition) is 0. The molecule has 0 aliphatic heterocycles. The van der Waals surface area contributed by atoms with Gasteiger partial charge in [0.15, 0.2) is 11.6 Å². The van der Waals surface area contributed by atoms with Crippen LogP contribution < -0.4 is 4.74 Å². The number of nitrogens with zero attached hydrogens (tertiary/aromatic N) is 2. The summed E-state index contributed by atoms with van der Waals surface area (Å²) >= 11 is 0. The van der Waals surface area contributed by atoms with Crippen LogP contribution in [0.3, 0.4) is 0 Å². The lowest BCUT2D eigenvalue weighted by molar-refractivity contribution is -0.159. The fourth-order valence-electron chi connectivity index (χ4n) is 1.92. The Morgan fingerprint density at radius 3 is 2.54 bits per heavy atom. The van der Waals surface area contributed by atoms with Crippen molar-refractivity contribution in [3.8, 4) is 17.1 Å². The maximum absolute atomic E-state index is 14.4. The van der Waals surface area contributed by atoms with Gasteiger partial charge in [-0.3, -0.25) is 0 Å². The van der Waals surface area contributed by atoms with Gasteiger partial charge in [-0.2, -0.15) is 18.2 Å². The molecular weight excluding hydrogens is 328 g/mol. The summed E-state index contributed by atoms with van der Waals surface area (Å²) in [6.45, 7) is 0.0811. The van der Waals surface area contributed by atoms with Gasteiger partial charge in [-0.15, -0.1) is 0 Å². The van der Waals surface area contributed by atoms with Crippen LogP contribution in [-0.4, -0.2) is 10.1 Å². The Bertz CT molecular complexity index is 832. The zero-order valence-corrected chi connectivity index (χ0v) is 12.0. The van der Waals surface area contributed by atoms with E-state index in [-0.39, 0.29) is 17.9 Å². The molecule has 0 atom stereocenters. The Labute approximate surface area is 133 Å². The molecule has 3 aromatic rings. The number of rotatable bonds is 4. The van der Waals surface area contributed by atoms with Gasteiger partial charge in [0.2, 0.25) is 5.82 Å². The number of alkyl halides is 3. The number of benzene rings is 2. The van der Waals surface area contributed by atoms with Gasteiger partial charge < -0.3 is 9.26 Å². The summed E-state index contributed by atoms with van der Waals surface area (Å²) in [6.07, 6.45) is -4.80. The minimum Gasteiger partial charge on any atom is -0.485 e. The zero-order chi connectivity index (χ0) is 17.2. The van der Waals surface area contributed by atoms with Crippen LogP contribution in [0.1, 0.15) is 11.5 Å². The molecule has 1 heterocycles. The van der Waals surface area contributed by atoms with Gasteiger partial charge in [0.25, 0.3) is 0 Å². The van der Waals surface area contributed by atoms with Crippen LogP contribution in [0.15, 0.2) is 47.0 Å². The summed E-state index contributed by atoms with van der Waals surface area (Å²) in [7, 11) is 0. The molecular formula is C16H9F4N2O2. The smallest absolute Gasteiger partial charge is 0.471 e. The SMILES string of the molecule is Fc1c(OCc2ccccc2)[c]ccc1-c1noc(C(F)(F)F)n1. The third kappa shape index (κ3) is 3.37. The molecule has 24 heavy (non-hydrogen) atoms. The van der Waals surface area contributed by atoms with Gasteiger partial charge in [-0.1, -0.05) is 35.5 Å². The van der Waals surface area contributed by atoms with E-state index in [1.54, 1.807) is 24.3 Å². The minimum absolute atomic E-state index is 0.0811. The van der Waals surface area contributed by atoms with Gasteiger partial charge in [0.1, 0.15) is 6.61 Å². The first-order valence-electron chi connectivity index (χ1n) is 6.73. The highest BCUT2D eigenvalue weighted by molar-refractivity contribution is 5.58. The van der Waals surface area contributed by atoms with E-state index < -0.39 is 23.7 Å². The maximum atomic E-state index is 14.4. The third-order valence-electron chi connectivity index (χ3n) is 3.04. The van der Waals surface area contributed by atoms with Crippen LogP contribution in [0.2, 0.25) is 0 Å². The first kappa shape index (κ1) is 16.0. The van der Waals surface area contributed by atoms with Crippen LogP contribution in [0, 0.1) is 11.9 Å². The molecule has 4 nitrogen and oxygen atoms in total. The van der Waals surface area contributed by atoms with Crippen molar-refractivity contribution < 1.29 is 26.8 Å². The Kier molecular flexibility index (Phi) is 4.20. The Morgan fingerprint density at radius 2 is 1.88 bits per heavy atom. The molecule has 0 spiro atoms. The molecule has 0 amide bonds. The molecule has 1 aromatic heterocycles. The van der Waals surface area contributed by atoms with Gasteiger partial charge in [0, 0.05) is 6.07 Å². The molecule has 0 aliphatic carbocycles. The fraction of sp³-hybridized carbons (Fsp3) is 0.125. The summed E-state index contributed by atoms with van der Waals surface area (Å²) in [4.78, 5) is 3.16. The van der Waals surface area contributed by atoms with Gasteiger partial charge in [0.05, 0.1) is 5.56 Å². The molecule has 0 saturated carbocycles. The van der Waals surface area contributed by atoms with E-state index in [2.05, 4.69) is 20.7 Å². The van der Waals surface area contributed by atoms with E-state index in [1.807, 2.05) is 6.07 Å². The van der Waals surface area contributed by atoms with Crippen molar-refractivity contribution in [2.75, 3.05) is 0 Å². The van der Waals surface area contributed by atoms with E-state index in [9.17, 15) is 17.6 Å². The van der Waals surface area contributed by atoms with Crippen LogP contribution in [-0.2, 0) is 12.8 Å². The number of halogens is 4. The summed E-state index contributed by atoms with van der Waals surface area (Å²) in [6, 6.07) is 14.0. The lowest BCUT2D eigenvalue weighted by atomic mass is 10.2. The second-order valence-electron chi connectivity index (χ2n) is 4.73. The van der Waals surface area contributed by atoms with Crippen molar-refractivity contribution in [1.29, 1.82) is 0 Å². The largest absolute Gasteiger partial charge is 0.485 e. The topological polar surface area (TPSA) is 48.2 Å². The number of ether oxygens (including phenoxy) is 1. The van der Waals surface area contributed by atoms with E-state index in [4.69, 9.17) is 4.74 Å². The molecule has 0 bridgehead atoms. The maximum Gasteiger partial charge on any atom is 0.471 e. The summed E-state index contributed by atoms with van der Waals surface area (Å²) in [5.41, 5.74) is 0.533. The molecule has 8 heteroatoms. The third-order valence-corrected chi connectivity index (χ3v) is 3.04. The Hall–Kier alpha value is -2.90. The van der Waals surface area contributed by atoms with Gasteiger partial charge in [-0.25, -0.2) is 4.39 Å². The summed E-state index contributed by atoms with van der Waals surface area (Å²) in [5, 5.41) is 3.16. The highest BCUT2D eigenvalue weighted by Gasteiger charge is 2.38. The van der Waals surface area contributed by atoms with Crippen molar-refractivity contribution >= 4 is 0 Å². The predicted octanol–water partition coefficient (Wildman–Crippen LogP) is 4.27. The second-order valence-corrected chi connectivity index (χ2v) is 4.73. The van der Waals surface area contributed by atoms with Crippen molar-refractivity contribution in [3.63, 3.8) is 0 Å². The molecule has 3 rings (SSSR count). The van der Waals surface area contributed by atoms with Crippen LogP contribution in [0.5, 0.6) is 5.75 Å². The fourth-order valence-corrected chi connectivity index (χ4v) is 1.92. The van der Waals surface area contributed by atoms with E-state index >= 15 is 0 Å². The van der Waals surface area contributed by atoms with Crippen molar-refractivity contribution in [3.05, 3.63) is 65.8 Å². The molecule has 2 aromatic carbocycles. The average molecular weight is 337 g/mol. The van der Waals surface area contributed by atoms with Crippen LogP contribution in [0.4, 0.5) is 17.6 Å². The molecule has 0 aliphatic rings. The van der Waals surface area contributed by atoms with Crippen molar-refractivity contribution in [2.24, 2.45) is 0 Å². The van der Waals surface area contributed by atoms with Crippen molar-refractivity contribution in [2.45, 2.75) is 12.8 Å². The van der Waals surface area contributed by atoms with Crippen LogP contribution in [0.25, 0.3) is 11.4 Å². The normalized spacial score (nSPS) is 11.5. The molecule has 1 radical (unpaired) electrons. The minimum atomic E-state index is -4.80. The highest BCUT2D eigenvalue weighted by atomic mass is 19.4. The summed E-state index contributed by atoms with van der Waals surface area (Å²) < 4.78 is 61.3. The zero-order valence-electron chi connectivity index (χ0n) is 12.0.